The Morgan fingerprint density at radius 3 is 2.24 bits per heavy atom. The summed E-state index contributed by atoms with van der Waals surface area (Å²) < 4.78 is 0. The van der Waals surface area contributed by atoms with Gasteiger partial charge in [-0.3, -0.25) is 9.69 Å². The molecule has 0 saturated heterocycles. The van der Waals surface area contributed by atoms with Crippen molar-refractivity contribution < 1.29 is 9.90 Å². The number of likely N-dealkylation sites (N-methyl/N-ethyl adjacent to an activating group) is 1. The Hall–Kier alpha value is -1.35. The van der Waals surface area contributed by atoms with Crippen molar-refractivity contribution in [2.75, 3.05) is 7.05 Å². The van der Waals surface area contributed by atoms with Crippen LogP contribution in [0.2, 0.25) is 0 Å². The van der Waals surface area contributed by atoms with Gasteiger partial charge in [0.2, 0.25) is 0 Å². The van der Waals surface area contributed by atoms with E-state index in [2.05, 4.69) is 17.0 Å². The fourth-order valence-electron chi connectivity index (χ4n) is 2.96. The van der Waals surface area contributed by atoms with Crippen molar-refractivity contribution in [2.24, 2.45) is 0 Å². The van der Waals surface area contributed by atoms with Crippen LogP contribution in [0.4, 0.5) is 0 Å². The van der Waals surface area contributed by atoms with Crippen LogP contribution in [0.3, 0.4) is 0 Å². The first kappa shape index (κ1) is 10.8. The number of benzene rings is 1. The molecule has 3 heteroatoms. The Kier molecular flexibility index (Phi) is 2.26. The molecule has 2 aliphatic carbocycles. The normalized spacial score (nSPS) is 21.5. The molecular weight excluding hydrogens is 214 g/mol. The van der Waals surface area contributed by atoms with Crippen molar-refractivity contribution in [3.63, 3.8) is 0 Å². The first-order valence-corrected chi connectivity index (χ1v) is 6.16. The van der Waals surface area contributed by atoms with Crippen LogP contribution in [-0.4, -0.2) is 34.6 Å². The van der Waals surface area contributed by atoms with Gasteiger partial charge in [-0.25, -0.2) is 0 Å². The molecule has 0 bridgehead atoms. The number of carboxylic acids is 1. The highest BCUT2D eigenvalue weighted by Gasteiger charge is 2.51. The highest BCUT2D eigenvalue weighted by Crippen LogP contribution is 2.40. The van der Waals surface area contributed by atoms with Crippen molar-refractivity contribution >= 4 is 5.97 Å². The summed E-state index contributed by atoms with van der Waals surface area (Å²) >= 11 is 0. The lowest BCUT2D eigenvalue weighted by molar-refractivity contribution is -0.150. The van der Waals surface area contributed by atoms with Crippen LogP contribution in [0, 0.1) is 0 Å². The molecule has 3 nitrogen and oxygen atoms in total. The fourth-order valence-corrected chi connectivity index (χ4v) is 2.96. The van der Waals surface area contributed by atoms with Gasteiger partial charge >= 0.3 is 5.97 Å². The molecule has 0 radical (unpaired) electrons. The molecule has 0 amide bonds. The maximum absolute atomic E-state index is 11.7. The molecule has 0 unspecified atom stereocenters. The lowest BCUT2D eigenvalue weighted by Gasteiger charge is -2.35. The topological polar surface area (TPSA) is 40.5 Å². The summed E-state index contributed by atoms with van der Waals surface area (Å²) in [6, 6.07) is 8.57. The number of carboxylic acid groups (broad SMARTS) is 1. The molecule has 0 aliphatic heterocycles. The van der Waals surface area contributed by atoms with E-state index in [9.17, 15) is 9.90 Å². The fraction of sp³-hybridized carbons (Fsp3) is 0.500. The Morgan fingerprint density at radius 2 is 1.82 bits per heavy atom. The predicted octanol–water partition coefficient (Wildman–Crippen LogP) is 1.70. The molecule has 3 rings (SSSR count). The monoisotopic (exact) mass is 231 g/mol. The third-order valence-electron chi connectivity index (χ3n) is 4.25. The van der Waals surface area contributed by atoms with E-state index in [0.29, 0.717) is 18.9 Å². The van der Waals surface area contributed by atoms with Gasteiger partial charge in [-0.15, -0.1) is 0 Å². The van der Waals surface area contributed by atoms with E-state index in [1.54, 1.807) is 0 Å². The van der Waals surface area contributed by atoms with Crippen LogP contribution in [0.15, 0.2) is 24.3 Å². The average Bonchev–Trinajstić information content (AvgIpc) is 3.07. The summed E-state index contributed by atoms with van der Waals surface area (Å²) in [5.41, 5.74) is 1.69. The minimum Gasteiger partial charge on any atom is -0.480 e. The molecule has 1 fully saturated rings. The van der Waals surface area contributed by atoms with Crippen LogP contribution in [0.1, 0.15) is 24.0 Å². The zero-order chi connectivity index (χ0) is 12.0. The summed E-state index contributed by atoms with van der Waals surface area (Å²) in [5, 5.41) is 9.64. The van der Waals surface area contributed by atoms with Gasteiger partial charge in [0.15, 0.2) is 0 Å². The number of carbonyl (C=O) groups is 1. The smallest absolute Gasteiger partial charge is 0.324 e. The summed E-state index contributed by atoms with van der Waals surface area (Å²) in [7, 11) is 1.97. The van der Waals surface area contributed by atoms with Gasteiger partial charge in [-0.2, -0.15) is 0 Å². The molecule has 0 atom stereocenters. The van der Waals surface area contributed by atoms with Crippen LogP contribution < -0.4 is 0 Å². The number of rotatable bonds is 3. The zero-order valence-electron chi connectivity index (χ0n) is 10.0. The van der Waals surface area contributed by atoms with Crippen LogP contribution in [0.25, 0.3) is 0 Å². The second-order valence-corrected chi connectivity index (χ2v) is 5.30. The molecule has 0 spiro atoms. The van der Waals surface area contributed by atoms with Gasteiger partial charge in [0, 0.05) is 18.9 Å². The maximum Gasteiger partial charge on any atom is 0.324 e. The van der Waals surface area contributed by atoms with Gasteiger partial charge in [0.05, 0.1) is 0 Å². The Labute approximate surface area is 101 Å². The summed E-state index contributed by atoms with van der Waals surface area (Å²) in [6.45, 7) is 0. The number of hydrogen-bond acceptors (Lipinski definition) is 2. The van der Waals surface area contributed by atoms with E-state index in [1.165, 1.54) is 11.1 Å². The SMILES string of the molecule is CN(C1CC1)C1(C(=O)O)Cc2ccccc2C1. The predicted molar refractivity (Wildman–Crippen MR) is 65.0 cm³/mol. The Morgan fingerprint density at radius 1 is 1.29 bits per heavy atom. The van der Waals surface area contributed by atoms with Gasteiger partial charge in [0.25, 0.3) is 0 Å². The Bertz CT molecular complexity index is 440. The second-order valence-electron chi connectivity index (χ2n) is 5.30. The number of fused-ring (bicyclic) bond motifs is 1. The second kappa shape index (κ2) is 3.57. The van der Waals surface area contributed by atoms with E-state index in [1.807, 2.05) is 19.2 Å². The first-order chi connectivity index (χ1) is 8.13. The van der Waals surface area contributed by atoms with Gasteiger partial charge in [-0.1, -0.05) is 24.3 Å². The van der Waals surface area contributed by atoms with E-state index < -0.39 is 11.5 Å². The summed E-state index contributed by atoms with van der Waals surface area (Å²) in [4.78, 5) is 13.8. The number of aliphatic carboxylic acids is 1. The molecule has 90 valence electrons. The highest BCUT2D eigenvalue weighted by molar-refractivity contribution is 5.81. The number of nitrogens with zero attached hydrogens (tertiary/aromatic N) is 1. The molecular formula is C14H17NO2. The van der Waals surface area contributed by atoms with Gasteiger partial charge in [-0.05, 0) is 31.0 Å². The third kappa shape index (κ3) is 1.57. The van der Waals surface area contributed by atoms with Crippen molar-refractivity contribution in [3.8, 4) is 0 Å². The van der Waals surface area contributed by atoms with Crippen molar-refractivity contribution in [2.45, 2.75) is 37.3 Å². The van der Waals surface area contributed by atoms with E-state index in [-0.39, 0.29) is 0 Å². The lowest BCUT2D eigenvalue weighted by Crippen LogP contribution is -2.54. The molecule has 0 aromatic heterocycles. The van der Waals surface area contributed by atoms with Gasteiger partial charge in [0.1, 0.15) is 5.54 Å². The minimum absolute atomic E-state index is 0.473. The van der Waals surface area contributed by atoms with E-state index >= 15 is 0 Å². The quantitative estimate of drug-likeness (QED) is 0.860. The Balaban J connectivity index is 1.97. The highest BCUT2D eigenvalue weighted by atomic mass is 16.4. The van der Waals surface area contributed by atoms with Crippen LogP contribution in [-0.2, 0) is 17.6 Å². The zero-order valence-corrected chi connectivity index (χ0v) is 10.0. The van der Waals surface area contributed by atoms with Crippen LogP contribution in [0.5, 0.6) is 0 Å². The third-order valence-corrected chi connectivity index (χ3v) is 4.25. The largest absolute Gasteiger partial charge is 0.480 e. The molecule has 1 saturated carbocycles. The van der Waals surface area contributed by atoms with E-state index in [4.69, 9.17) is 0 Å². The van der Waals surface area contributed by atoms with Crippen molar-refractivity contribution in [1.82, 2.24) is 4.90 Å². The molecule has 1 aromatic carbocycles. The maximum atomic E-state index is 11.7. The minimum atomic E-state index is -0.704. The average molecular weight is 231 g/mol. The molecule has 1 N–H and O–H groups in total. The first-order valence-electron chi connectivity index (χ1n) is 6.16. The van der Waals surface area contributed by atoms with Crippen molar-refractivity contribution in [3.05, 3.63) is 35.4 Å². The van der Waals surface area contributed by atoms with Crippen molar-refractivity contribution in [1.29, 1.82) is 0 Å². The molecule has 2 aliphatic rings. The summed E-state index contributed by atoms with van der Waals surface area (Å²) in [6.07, 6.45) is 3.57. The van der Waals surface area contributed by atoms with Crippen LogP contribution >= 0.6 is 0 Å². The van der Waals surface area contributed by atoms with E-state index in [0.717, 1.165) is 12.8 Å². The number of hydrogen-bond donors (Lipinski definition) is 1. The summed E-state index contributed by atoms with van der Waals surface area (Å²) in [5.74, 6) is -0.678. The van der Waals surface area contributed by atoms with Gasteiger partial charge < -0.3 is 5.11 Å². The lowest BCUT2D eigenvalue weighted by atomic mass is 9.93. The standard InChI is InChI=1S/C14H17NO2/c1-15(12-6-7-12)14(13(16)17)8-10-4-2-3-5-11(10)9-14/h2-5,12H,6-9H2,1H3,(H,16,17). The molecule has 1 aromatic rings. The molecule has 0 heterocycles. The molecule has 17 heavy (non-hydrogen) atoms.